The van der Waals surface area contributed by atoms with Crippen LogP contribution in [0.4, 0.5) is 0 Å². The summed E-state index contributed by atoms with van der Waals surface area (Å²) < 4.78 is 16.5. The lowest BCUT2D eigenvalue weighted by Crippen LogP contribution is -2.42. The number of nitrogens with one attached hydrogen (secondary N) is 2. The maximum absolute atomic E-state index is 5.60. The molecule has 0 spiro atoms. The summed E-state index contributed by atoms with van der Waals surface area (Å²) in [5.41, 5.74) is 4.69. The SMILES string of the molecule is C/C(=N\NC(=S)NCCN1CCOCC1)c1ccc2c(c1)OCCO2. The zero-order valence-electron chi connectivity index (χ0n) is 14.4. The molecule has 1 aromatic carbocycles. The quantitative estimate of drug-likeness (QED) is 0.459. The molecule has 0 atom stereocenters. The Bertz CT molecular complexity index is 632. The van der Waals surface area contributed by atoms with Crippen LogP contribution in [0.5, 0.6) is 11.5 Å². The van der Waals surface area contributed by atoms with Gasteiger partial charge >= 0.3 is 0 Å². The van der Waals surface area contributed by atoms with Gasteiger partial charge in [0.2, 0.25) is 0 Å². The molecule has 0 amide bonds. The zero-order valence-corrected chi connectivity index (χ0v) is 15.2. The van der Waals surface area contributed by atoms with Gasteiger partial charge in [0, 0.05) is 31.7 Å². The van der Waals surface area contributed by atoms with Gasteiger partial charge in [-0.1, -0.05) is 0 Å². The van der Waals surface area contributed by atoms with Crippen LogP contribution in [-0.4, -0.2) is 68.3 Å². The van der Waals surface area contributed by atoms with Crippen molar-refractivity contribution >= 4 is 23.0 Å². The van der Waals surface area contributed by atoms with Crippen LogP contribution in [0, 0.1) is 0 Å². The van der Waals surface area contributed by atoms with Crippen LogP contribution in [0.25, 0.3) is 0 Å². The minimum atomic E-state index is 0.519. The molecular weight excluding hydrogens is 340 g/mol. The maximum Gasteiger partial charge on any atom is 0.187 e. The van der Waals surface area contributed by atoms with Crippen molar-refractivity contribution in [2.24, 2.45) is 5.10 Å². The second-order valence-electron chi connectivity index (χ2n) is 5.88. The minimum Gasteiger partial charge on any atom is -0.486 e. The van der Waals surface area contributed by atoms with Gasteiger partial charge in [0.05, 0.1) is 18.9 Å². The van der Waals surface area contributed by atoms with E-state index in [1.54, 1.807) is 0 Å². The molecule has 25 heavy (non-hydrogen) atoms. The summed E-state index contributed by atoms with van der Waals surface area (Å²) in [5.74, 6) is 1.53. The number of thiocarbonyl (C=S) groups is 1. The van der Waals surface area contributed by atoms with E-state index in [0.717, 1.165) is 62.2 Å². The summed E-state index contributed by atoms with van der Waals surface area (Å²) in [6.45, 7) is 8.37. The van der Waals surface area contributed by atoms with Crippen LogP contribution in [0.1, 0.15) is 12.5 Å². The molecule has 136 valence electrons. The molecule has 2 aliphatic heterocycles. The molecule has 1 aromatic rings. The highest BCUT2D eigenvalue weighted by Gasteiger charge is 2.13. The molecule has 1 fully saturated rings. The van der Waals surface area contributed by atoms with Crippen molar-refractivity contribution in [2.75, 3.05) is 52.6 Å². The van der Waals surface area contributed by atoms with Gasteiger partial charge in [-0.05, 0) is 37.3 Å². The lowest BCUT2D eigenvalue weighted by Gasteiger charge is -2.26. The number of morpholine rings is 1. The van der Waals surface area contributed by atoms with Crippen molar-refractivity contribution in [3.05, 3.63) is 23.8 Å². The van der Waals surface area contributed by atoms with E-state index >= 15 is 0 Å². The van der Waals surface area contributed by atoms with E-state index in [1.165, 1.54) is 0 Å². The Morgan fingerprint density at radius 2 is 1.92 bits per heavy atom. The average molecular weight is 364 g/mol. The highest BCUT2D eigenvalue weighted by molar-refractivity contribution is 7.80. The number of nitrogens with zero attached hydrogens (tertiary/aromatic N) is 2. The molecular formula is C17H24N4O3S. The van der Waals surface area contributed by atoms with E-state index in [4.69, 9.17) is 26.4 Å². The van der Waals surface area contributed by atoms with Gasteiger partial charge in [0.1, 0.15) is 13.2 Å². The summed E-state index contributed by atoms with van der Waals surface area (Å²) >= 11 is 5.27. The molecule has 3 rings (SSSR count). The van der Waals surface area contributed by atoms with Crippen LogP contribution < -0.4 is 20.2 Å². The maximum atomic E-state index is 5.60. The van der Waals surface area contributed by atoms with Gasteiger partial charge in [-0.15, -0.1) is 0 Å². The molecule has 0 aromatic heterocycles. The molecule has 7 nitrogen and oxygen atoms in total. The molecule has 0 radical (unpaired) electrons. The number of fused-ring (bicyclic) bond motifs is 1. The number of hydrazone groups is 1. The Morgan fingerprint density at radius 3 is 2.72 bits per heavy atom. The van der Waals surface area contributed by atoms with Crippen molar-refractivity contribution in [1.82, 2.24) is 15.6 Å². The number of benzene rings is 1. The van der Waals surface area contributed by atoms with E-state index in [-0.39, 0.29) is 0 Å². The first-order chi connectivity index (χ1) is 12.2. The predicted octanol–water partition coefficient (Wildman–Crippen LogP) is 0.978. The summed E-state index contributed by atoms with van der Waals surface area (Å²) in [6, 6.07) is 5.80. The number of rotatable bonds is 5. The molecule has 2 N–H and O–H groups in total. The van der Waals surface area contributed by atoms with Crippen molar-refractivity contribution in [1.29, 1.82) is 0 Å². The van der Waals surface area contributed by atoms with Gasteiger partial charge in [-0.3, -0.25) is 10.3 Å². The summed E-state index contributed by atoms with van der Waals surface area (Å²) in [4.78, 5) is 2.35. The van der Waals surface area contributed by atoms with E-state index in [1.807, 2.05) is 25.1 Å². The summed E-state index contributed by atoms with van der Waals surface area (Å²) in [5, 5.41) is 8.03. The predicted molar refractivity (Wildman–Crippen MR) is 101 cm³/mol. The molecule has 0 saturated carbocycles. The second-order valence-corrected chi connectivity index (χ2v) is 6.29. The first-order valence-electron chi connectivity index (χ1n) is 8.50. The van der Waals surface area contributed by atoms with Crippen molar-refractivity contribution < 1.29 is 14.2 Å². The van der Waals surface area contributed by atoms with Crippen LogP contribution >= 0.6 is 12.2 Å². The fraction of sp³-hybridized carbons (Fsp3) is 0.529. The standard InChI is InChI=1S/C17H24N4O3S/c1-13(14-2-3-15-16(12-14)24-11-10-23-15)19-20-17(25)18-4-5-21-6-8-22-9-7-21/h2-3,12H,4-11H2,1H3,(H2,18,20,25)/b19-13+. The largest absolute Gasteiger partial charge is 0.486 e. The van der Waals surface area contributed by atoms with Gasteiger partial charge in [-0.25, -0.2) is 0 Å². The Balaban J connectivity index is 1.45. The van der Waals surface area contributed by atoms with Crippen LogP contribution in [0.2, 0.25) is 0 Å². The van der Waals surface area contributed by atoms with Crippen molar-refractivity contribution in [3.63, 3.8) is 0 Å². The first kappa shape index (κ1) is 17.9. The molecule has 1 saturated heterocycles. The lowest BCUT2D eigenvalue weighted by atomic mass is 10.1. The minimum absolute atomic E-state index is 0.519. The Morgan fingerprint density at radius 1 is 1.16 bits per heavy atom. The fourth-order valence-electron chi connectivity index (χ4n) is 2.66. The average Bonchev–Trinajstić information content (AvgIpc) is 2.66. The van der Waals surface area contributed by atoms with Crippen molar-refractivity contribution in [2.45, 2.75) is 6.92 Å². The third kappa shape index (κ3) is 5.29. The topological polar surface area (TPSA) is 67.4 Å². The highest BCUT2D eigenvalue weighted by Crippen LogP contribution is 2.30. The smallest absolute Gasteiger partial charge is 0.187 e. The van der Waals surface area contributed by atoms with Gasteiger partial charge in [-0.2, -0.15) is 5.10 Å². The molecule has 2 heterocycles. The second kappa shape index (κ2) is 8.98. The third-order valence-corrected chi connectivity index (χ3v) is 4.34. The Kier molecular flexibility index (Phi) is 6.43. The molecule has 2 aliphatic rings. The van der Waals surface area contributed by atoms with Gasteiger partial charge in [0.15, 0.2) is 16.6 Å². The molecule has 0 bridgehead atoms. The van der Waals surface area contributed by atoms with E-state index in [0.29, 0.717) is 18.3 Å². The fourth-order valence-corrected chi connectivity index (χ4v) is 2.81. The number of hydrogen-bond acceptors (Lipinski definition) is 6. The van der Waals surface area contributed by atoms with Crippen molar-refractivity contribution in [3.8, 4) is 11.5 Å². The van der Waals surface area contributed by atoms with Gasteiger partial charge in [0.25, 0.3) is 0 Å². The Labute approximate surface area is 153 Å². The number of hydrogen-bond donors (Lipinski definition) is 2. The van der Waals surface area contributed by atoms with Crippen LogP contribution in [-0.2, 0) is 4.74 Å². The van der Waals surface area contributed by atoms with Crippen LogP contribution in [0.3, 0.4) is 0 Å². The zero-order chi connectivity index (χ0) is 17.5. The lowest BCUT2D eigenvalue weighted by molar-refractivity contribution is 0.0389. The number of ether oxygens (including phenoxy) is 3. The highest BCUT2D eigenvalue weighted by atomic mass is 32.1. The van der Waals surface area contributed by atoms with Crippen LogP contribution in [0.15, 0.2) is 23.3 Å². The van der Waals surface area contributed by atoms with Gasteiger partial charge < -0.3 is 19.5 Å². The normalized spacial score (nSPS) is 17.9. The third-order valence-electron chi connectivity index (χ3n) is 4.10. The summed E-state index contributed by atoms with van der Waals surface area (Å²) in [7, 11) is 0. The van der Waals surface area contributed by atoms with E-state index in [2.05, 4.69) is 20.7 Å². The van der Waals surface area contributed by atoms with E-state index < -0.39 is 0 Å². The molecule has 8 heteroatoms. The molecule has 0 unspecified atom stereocenters. The first-order valence-corrected chi connectivity index (χ1v) is 8.91. The Hall–Kier alpha value is -1.90. The summed E-state index contributed by atoms with van der Waals surface area (Å²) in [6.07, 6.45) is 0. The molecule has 0 aliphatic carbocycles. The van der Waals surface area contributed by atoms with E-state index in [9.17, 15) is 0 Å². The monoisotopic (exact) mass is 364 g/mol.